The summed E-state index contributed by atoms with van der Waals surface area (Å²) in [5.41, 5.74) is 7.33. The number of methoxy groups -OCH3 is 2. The van der Waals surface area contributed by atoms with Gasteiger partial charge in [0.1, 0.15) is 35.7 Å². The van der Waals surface area contributed by atoms with Crippen LogP contribution in [0.2, 0.25) is 0 Å². The molecule has 2 fully saturated rings. The van der Waals surface area contributed by atoms with Crippen LogP contribution in [0.3, 0.4) is 0 Å². The van der Waals surface area contributed by atoms with Crippen LogP contribution in [0.1, 0.15) is 53.0 Å². The number of nitrogens with zero attached hydrogens (tertiary/aromatic N) is 2. The lowest BCUT2D eigenvalue weighted by Gasteiger charge is -2.42. The minimum atomic E-state index is -1.83. The second-order valence-corrected chi connectivity index (χ2v) is 14.7. The van der Waals surface area contributed by atoms with Crippen LogP contribution in [0.25, 0.3) is 11.1 Å². The largest absolute Gasteiger partial charge is 0.496 e. The number of esters is 1. The Balaban J connectivity index is 1.64. The van der Waals surface area contributed by atoms with Crippen LogP contribution in [-0.4, -0.2) is 104 Å². The van der Waals surface area contributed by atoms with Gasteiger partial charge in [0, 0.05) is 51.7 Å². The molecule has 292 valence electrons. The number of allylic oxidation sites excluding steroid dienone is 3. The number of amides is 3. The van der Waals surface area contributed by atoms with Gasteiger partial charge in [0.25, 0.3) is 0 Å². The lowest BCUT2D eigenvalue weighted by molar-refractivity contribution is -0.161. The maximum absolute atomic E-state index is 14.5. The number of benzene rings is 2. The number of fused-ring (bicyclic) bond motifs is 5. The minimum absolute atomic E-state index is 0.0481. The van der Waals surface area contributed by atoms with E-state index >= 15 is 0 Å². The number of rotatable bonds is 6. The molecule has 3 heterocycles. The molecule has 14 nitrogen and oxygen atoms in total. The molecule has 0 radical (unpaired) electrons. The van der Waals surface area contributed by atoms with Gasteiger partial charge < -0.3 is 44.3 Å². The first-order valence-electron chi connectivity index (χ1n) is 17.9. The van der Waals surface area contributed by atoms with Crippen molar-refractivity contribution in [2.75, 3.05) is 38.9 Å². The Kier molecular flexibility index (Phi) is 11.8. The smallest absolute Gasteiger partial charge is 0.409 e. The van der Waals surface area contributed by atoms with Crippen LogP contribution < -0.4 is 20.7 Å². The highest BCUT2D eigenvalue weighted by Crippen LogP contribution is 2.49. The summed E-state index contributed by atoms with van der Waals surface area (Å²) >= 11 is 0. The number of carbonyl (C=O) groups is 4. The highest BCUT2D eigenvalue weighted by atomic mass is 16.7. The molecule has 0 aliphatic carbocycles. The Bertz CT molecular complexity index is 1830. The number of nitrogen functional groups attached to an aromatic ring is 1. The van der Waals surface area contributed by atoms with Gasteiger partial charge in [-0.2, -0.15) is 0 Å². The number of ether oxygens (including phenoxy) is 5. The molecule has 0 spiro atoms. The summed E-state index contributed by atoms with van der Waals surface area (Å²) in [7, 11) is 6.14. The molecule has 4 N–H and O–H groups in total. The van der Waals surface area contributed by atoms with Crippen molar-refractivity contribution in [3.05, 3.63) is 65.8 Å². The summed E-state index contributed by atoms with van der Waals surface area (Å²) in [6.07, 6.45) is 1.04. The van der Waals surface area contributed by atoms with E-state index in [1.54, 1.807) is 52.3 Å². The zero-order valence-electron chi connectivity index (χ0n) is 32.4. The Morgan fingerprint density at radius 2 is 1.85 bits per heavy atom. The van der Waals surface area contributed by atoms with E-state index in [0.29, 0.717) is 29.1 Å². The predicted octanol–water partition coefficient (Wildman–Crippen LogP) is 4.13. The van der Waals surface area contributed by atoms with E-state index < -0.39 is 65.7 Å². The van der Waals surface area contributed by atoms with E-state index in [4.69, 9.17) is 29.4 Å². The molecular formula is C40H52N4O10. The quantitative estimate of drug-likeness (QED) is 0.220. The molecule has 5 rings (SSSR count). The number of alkyl carbamates (subject to hydrolysis) is 1. The molecule has 0 aromatic heterocycles. The standard InChI is InChI=1S/C40H52N4O10/c1-22-11-10-12-32(51-9)40(49)21-31(52-38(48)42-40)23(2)36-39(5,54-36)33(53-37(47)24(3)43(6)25(4)45)20-34(46)44(7)29-18-26(17-22)19-30(50-8)35(29)27-13-15-28(41)16-14-27/h10-16,18-19,23-24,31-33,36,49H,17,20-21,41H2,1-9H3,(H,42,48)/b12-10+,22-11+/t23-,24+,31+,32-,33+,36+,39+,40+/m1/s1. The molecule has 3 aliphatic rings. The van der Waals surface area contributed by atoms with Crippen molar-refractivity contribution in [2.24, 2.45) is 5.92 Å². The van der Waals surface area contributed by atoms with Crippen molar-refractivity contribution < 1.29 is 48.0 Å². The Morgan fingerprint density at radius 1 is 1.17 bits per heavy atom. The molecule has 3 aliphatic heterocycles. The number of nitrogens with one attached hydrogen (secondary N) is 1. The average molecular weight is 749 g/mol. The highest BCUT2D eigenvalue weighted by molar-refractivity contribution is 5.99. The first-order chi connectivity index (χ1) is 25.4. The predicted molar refractivity (Wildman–Crippen MR) is 201 cm³/mol. The van der Waals surface area contributed by atoms with Crippen molar-refractivity contribution in [3.63, 3.8) is 0 Å². The van der Waals surface area contributed by atoms with E-state index in [-0.39, 0.29) is 18.7 Å². The first-order valence-corrected chi connectivity index (χ1v) is 17.9. The summed E-state index contributed by atoms with van der Waals surface area (Å²) in [5.74, 6) is -1.45. The van der Waals surface area contributed by atoms with E-state index in [1.807, 2.05) is 44.2 Å². The lowest BCUT2D eigenvalue weighted by Crippen LogP contribution is -2.63. The Labute approximate surface area is 316 Å². The lowest BCUT2D eigenvalue weighted by atomic mass is 9.83. The third-order valence-corrected chi connectivity index (χ3v) is 10.9. The van der Waals surface area contributed by atoms with Crippen molar-refractivity contribution in [3.8, 4) is 16.9 Å². The number of epoxide rings is 1. The van der Waals surface area contributed by atoms with Gasteiger partial charge in [-0.25, -0.2) is 9.59 Å². The maximum Gasteiger partial charge on any atom is 0.409 e. The third kappa shape index (κ3) is 8.25. The summed E-state index contributed by atoms with van der Waals surface area (Å²) in [6, 6.07) is 10.1. The highest BCUT2D eigenvalue weighted by Gasteiger charge is 2.64. The number of hydrogen-bond acceptors (Lipinski definition) is 11. The second-order valence-electron chi connectivity index (χ2n) is 14.7. The number of anilines is 2. The maximum atomic E-state index is 14.5. The second kappa shape index (κ2) is 15.8. The number of nitrogens with two attached hydrogens (primary N) is 1. The fourth-order valence-corrected chi connectivity index (χ4v) is 7.27. The Hall–Kier alpha value is -4.92. The van der Waals surface area contributed by atoms with Gasteiger partial charge in [0.2, 0.25) is 11.8 Å². The summed E-state index contributed by atoms with van der Waals surface area (Å²) in [4.78, 5) is 55.9. The molecule has 0 unspecified atom stereocenters. The van der Waals surface area contributed by atoms with Crippen molar-refractivity contribution >= 4 is 35.3 Å². The van der Waals surface area contributed by atoms with Gasteiger partial charge in [0.05, 0.1) is 25.3 Å². The molecule has 2 aromatic carbocycles. The van der Waals surface area contributed by atoms with E-state index in [1.165, 1.54) is 30.9 Å². The topological polar surface area (TPSA) is 182 Å². The molecule has 3 amide bonds. The average Bonchev–Trinajstić information content (AvgIpc) is 3.82. The molecule has 2 saturated heterocycles. The minimum Gasteiger partial charge on any atom is -0.496 e. The summed E-state index contributed by atoms with van der Waals surface area (Å²) < 4.78 is 29.6. The molecular weight excluding hydrogens is 696 g/mol. The van der Waals surface area contributed by atoms with Crippen molar-refractivity contribution in [1.29, 1.82) is 0 Å². The van der Waals surface area contributed by atoms with Gasteiger partial charge in [0.15, 0.2) is 5.72 Å². The fourth-order valence-electron chi connectivity index (χ4n) is 7.27. The SMILES string of the molecule is COc1cc2cc(c1-c1ccc(N)cc1)N(C)C(=O)C[C@H](OC(=O)[C@H](C)N(C)C(C)=O)[C@]1(C)O[C@H]1[C@H](C)[C@@H]1C[C@@](O)(NC(=O)O1)[C@H](OC)/C=C/C=C(\C)C2. The van der Waals surface area contributed by atoms with Crippen LogP contribution in [0.4, 0.5) is 16.2 Å². The molecule has 8 atom stereocenters. The van der Waals surface area contributed by atoms with Crippen LogP contribution >= 0.6 is 0 Å². The van der Waals surface area contributed by atoms with Gasteiger partial charge in [-0.05, 0) is 62.6 Å². The number of hydrogen-bond donors (Lipinski definition) is 3. The van der Waals surface area contributed by atoms with E-state index in [2.05, 4.69) is 5.32 Å². The first kappa shape index (κ1) is 40.3. The molecule has 2 aromatic rings. The van der Waals surface area contributed by atoms with Gasteiger partial charge in [-0.1, -0.05) is 42.9 Å². The van der Waals surface area contributed by atoms with Crippen molar-refractivity contribution in [2.45, 2.75) is 95.7 Å². The normalized spacial score (nSPS) is 30.7. The monoisotopic (exact) mass is 748 g/mol. The van der Waals surface area contributed by atoms with E-state index in [9.17, 15) is 24.3 Å². The Morgan fingerprint density at radius 3 is 2.48 bits per heavy atom. The molecule has 14 heteroatoms. The van der Waals surface area contributed by atoms with Crippen LogP contribution in [0, 0.1) is 5.92 Å². The van der Waals surface area contributed by atoms with Crippen molar-refractivity contribution in [1.82, 2.24) is 10.2 Å². The fraction of sp³-hybridized carbons (Fsp3) is 0.500. The van der Waals surface area contributed by atoms with Gasteiger partial charge >= 0.3 is 12.1 Å². The zero-order chi connectivity index (χ0) is 39.7. The summed E-state index contributed by atoms with van der Waals surface area (Å²) in [6.45, 7) is 8.37. The molecule has 0 saturated carbocycles. The number of aliphatic hydroxyl groups is 1. The van der Waals surface area contributed by atoms with Crippen LogP contribution in [0.5, 0.6) is 5.75 Å². The molecule has 4 bridgehead atoms. The zero-order valence-corrected chi connectivity index (χ0v) is 32.4. The summed E-state index contributed by atoms with van der Waals surface area (Å²) in [5, 5.41) is 14.3. The number of carbonyl (C=O) groups excluding carboxylic acids is 4. The third-order valence-electron chi connectivity index (χ3n) is 10.9. The van der Waals surface area contributed by atoms with Gasteiger partial charge in [-0.15, -0.1) is 0 Å². The van der Waals surface area contributed by atoms with Gasteiger partial charge in [-0.3, -0.25) is 14.9 Å². The van der Waals surface area contributed by atoms with E-state index in [0.717, 1.165) is 16.7 Å². The van der Waals surface area contributed by atoms with Crippen LogP contribution in [0.15, 0.2) is 60.2 Å². The molecule has 54 heavy (non-hydrogen) atoms. The number of likely N-dealkylation sites (N-methyl/N-ethyl adjacent to an activating group) is 1. The van der Waals surface area contributed by atoms with Crippen LogP contribution in [-0.2, 0) is 39.8 Å².